The first-order valence-corrected chi connectivity index (χ1v) is 7.96. The van der Waals surface area contributed by atoms with Gasteiger partial charge in [-0.3, -0.25) is 4.99 Å². The van der Waals surface area contributed by atoms with E-state index in [1.165, 1.54) is 11.1 Å². The van der Waals surface area contributed by atoms with Crippen molar-refractivity contribution >= 4 is 5.96 Å². The van der Waals surface area contributed by atoms with Crippen molar-refractivity contribution in [3.05, 3.63) is 65.2 Å². The van der Waals surface area contributed by atoms with Gasteiger partial charge in [-0.2, -0.15) is 0 Å². The van der Waals surface area contributed by atoms with Crippen LogP contribution in [-0.2, 0) is 13.0 Å². The minimum absolute atomic E-state index is 0.580. The van der Waals surface area contributed by atoms with Gasteiger partial charge in [0.05, 0.1) is 7.11 Å². The molecular formula is C19H23N3O. The zero-order chi connectivity index (χ0) is 16.1. The van der Waals surface area contributed by atoms with E-state index in [1.54, 1.807) is 14.2 Å². The third-order valence-electron chi connectivity index (χ3n) is 4.34. The lowest BCUT2D eigenvalue weighted by Crippen LogP contribution is -2.40. The number of guanidine groups is 1. The lowest BCUT2D eigenvalue weighted by Gasteiger charge is -2.30. The molecule has 0 bridgehead atoms. The Morgan fingerprint density at radius 3 is 2.70 bits per heavy atom. The third-order valence-corrected chi connectivity index (χ3v) is 4.34. The van der Waals surface area contributed by atoms with Crippen LogP contribution in [0.4, 0.5) is 0 Å². The fourth-order valence-electron chi connectivity index (χ4n) is 3.01. The van der Waals surface area contributed by atoms with Crippen LogP contribution in [0.2, 0.25) is 0 Å². The highest BCUT2D eigenvalue weighted by molar-refractivity contribution is 5.79. The zero-order valence-corrected chi connectivity index (χ0v) is 13.7. The summed E-state index contributed by atoms with van der Waals surface area (Å²) in [4.78, 5) is 4.30. The van der Waals surface area contributed by atoms with Gasteiger partial charge in [0.25, 0.3) is 0 Å². The lowest BCUT2D eigenvalue weighted by molar-refractivity contribution is 0.409. The monoisotopic (exact) mass is 309 g/mol. The average molecular weight is 309 g/mol. The van der Waals surface area contributed by atoms with Gasteiger partial charge in [0.1, 0.15) is 5.75 Å². The first-order chi connectivity index (χ1) is 11.3. The molecule has 2 aromatic rings. The Balaban J connectivity index is 1.52. The van der Waals surface area contributed by atoms with Crippen LogP contribution < -0.4 is 15.4 Å². The van der Waals surface area contributed by atoms with E-state index in [9.17, 15) is 0 Å². The molecule has 120 valence electrons. The summed E-state index contributed by atoms with van der Waals surface area (Å²) in [6.07, 6.45) is 1.15. The third kappa shape index (κ3) is 3.47. The number of hydrogen-bond donors (Lipinski definition) is 2. The van der Waals surface area contributed by atoms with Crippen molar-refractivity contribution in [3.8, 4) is 5.75 Å². The van der Waals surface area contributed by atoms with Crippen molar-refractivity contribution in [2.24, 2.45) is 4.99 Å². The van der Waals surface area contributed by atoms with Crippen LogP contribution in [0.25, 0.3) is 0 Å². The van der Waals surface area contributed by atoms with Gasteiger partial charge in [0, 0.05) is 31.6 Å². The van der Waals surface area contributed by atoms with Gasteiger partial charge in [-0.25, -0.2) is 0 Å². The minimum Gasteiger partial charge on any atom is -0.496 e. The Bertz CT molecular complexity index is 697. The molecule has 0 aliphatic heterocycles. The van der Waals surface area contributed by atoms with E-state index in [2.05, 4.69) is 46.0 Å². The number of aliphatic imine (C=N–C) groups is 1. The lowest BCUT2D eigenvalue weighted by atomic mass is 9.78. The molecule has 1 unspecified atom stereocenters. The van der Waals surface area contributed by atoms with Crippen molar-refractivity contribution in [2.75, 3.05) is 20.7 Å². The molecule has 0 fully saturated rings. The summed E-state index contributed by atoms with van der Waals surface area (Å²) in [6.45, 7) is 1.59. The van der Waals surface area contributed by atoms with E-state index >= 15 is 0 Å². The van der Waals surface area contributed by atoms with Gasteiger partial charge in [-0.15, -0.1) is 0 Å². The first-order valence-electron chi connectivity index (χ1n) is 7.96. The maximum absolute atomic E-state index is 5.37. The predicted octanol–water partition coefficient (Wildman–Crippen LogP) is 2.70. The predicted molar refractivity (Wildman–Crippen MR) is 94.1 cm³/mol. The molecule has 0 radical (unpaired) electrons. The number of nitrogens with one attached hydrogen (secondary N) is 2. The number of nitrogens with zero attached hydrogens (tertiary/aromatic N) is 1. The second-order valence-electron chi connectivity index (χ2n) is 5.72. The maximum atomic E-state index is 5.37. The van der Waals surface area contributed by atoms with Crippen LogP contribution in [0.1, 0.15) is 22.6 Å². The standard InChI is InChI=1S/C19H23N3O/c1-20-19(21-12-15-8-4-6-10-18(15)23-2)22-13-16-11-14-7-3-5-9-17(14)16/h3-10,16H,11-13H2,1-2H3,(H2,20,21,22). The average Bonchev–Trinajstić information content (AvgIpc) is 2.58. The summed E-state index contributed by atoms with van der Waals surface area (Å²) in [5.74, 6) is 2.29. The molecule has 3 rings (SSSR count). The summed E-state index contributed by atoms with van der Waals surface area (Å²) in [5.41, 5.74) is 4.04. The Morgan fingerprint density at radius 2 is 1.91 bits per heavy atom. The molecule has 0 saturated heterocycles. The topological polar surface area (TPSA) is 45.7 Å². The summed E-state index contributed by atoms with van der Waals surface area (Å²) in [7, 11) is 3.49. The molecule has 0 aromatic heterocycles. The van der Waals surface area contributed by atoms with Gasteiger partial charge in [-0.05, 0) is 23.6 Å². The Morgan fingerprint density at radius 1 is 1.13 bits per heavy atom. The second-order valence-corrected chi connectivity index (χ2v) is 5.72. The largest absolute Gasteiger partial charge is 0.496 e. The number of ether oxygens (including phenoxy) is 1. The molecule has 1 atom stereocenters. The van der Waals surface area contributed by atoms with Crippen molar-refractivity contribution < 1.29 is 4.74 Å². The summed E-state index contributed by atoms with van der Waals surface area (Å²) >= 11 is 0. The van der Waals surface area contributed by atoms with E-state index in [1.807, 2.05) is 18.2 Å². The van der Waals surface area contributed by atoms with Crippen LogP contribution >= 0.6 is 0 Å². The highest BCUT2D eigenvalue weighted by atomic mass is 16.5. The number of benzene rings is 2. The molecule has 0 heterocycles. The highest BCUT2D eigenvalue weighted by Crippen LogP contribution is 2.33. The van der Waals surface area contributed by atoms with Crippen LogP contribution in [0.3, 0.4) is 0 Å². The normalized spacial score (nSPS) is 16.3. The van der Waals surface area contributed by atoms with E-state index in [4.69, 9.17) is 4.74 Å². The number of para-hydroxylation sites is 1. The second kappa shape index (κ2) is 7.18. The number of methoxy groups -OCH3 is 1. The molecule has 4 nitrogen and oxygen atoms in total. The Hall–Kier alpha value is -2.49. The molecule has 2 N–H and O–H groups in total. The molecular weight excluding hydrogens is 286 g/mol. The first kappa shape index (κ1) is 15.4. The van der Waals surface area contributed by atoms with Gasteiger partial charge < -0.3 is 15.4 Å². The summed E-state index contributed by atoms with van der Waals surface area (Å²) < 4.78 is 5.37. The fourth-order valence-corrected chi connectivity index (χ4v) is 3.01. The minimum atomic E-state index is 0.580. The van der Waals surface area contributed by atoms with Crippen molar-refractivity contribution in [1.29, 1.82) is 0 Å². The molecule has 0 spiro atoms. The maximum Gasteiger partial charge on any atom is 0.191 e. The summed E-state index contributed by atoms with van der Waals surface area (Å²) in [6, 6.07) is 16.7. The van der Waals surface area contributed by atoms with E-state index in [0.717, 1.165) is 30.2 Å². The molecule has 0 amide bonds. The van der Waals surface area contributed by atoms with Crippen LogP contribution in [-0.4, -0.2) is 26.7 Å². The Kier molecular flexibility index (Phi) is 4.81. The highest BCUT2D eigenvalue weighted by Gasteiger charge is 2.25. The van der Waals surface area contributed by atoms with Crippen molar-refractivity contribution in [1.82, 2.24) is 10.6 Å². The van der Waals surface area contributed by atoms with E-state index < -0.39 is 0 Å². The molecule has 4 heteroatoms. The number of fused-ring (bicyclic) bond motifs is 1. The molecule has 1 aliphatic carbocycles. The van der Waals surface area contributed by atoms with Crippen molar-refractivity contribution in [3.63, 3.8) is 0 Å². The van der Waals surface area contributed by atoms with Gasteiger partial charge >= 0.3 is 0 Å². The number of hydrogen-bond acceptors (Lipinski definition) is 2. The fraction of sp³-hybridized carbons (Fsp3) is 0.316. The van der Waals surface area contributed by atoms with Crippen molar-refractivity contribution in [2.45, 2.75) is 18.9 Å². The molecule has 0 saturated carbocycles. The van der Waals surface area contributed by atoms with E-state index in [-0.39, 0.29) is 0 Å². The quantitative estimate of drug-likeness (QED) is 0.659. The SMILES string of the molecule is CN=C(NCc1ccccc1OC)NCC1Cc2ccccc21. The summed E-state index contributed by atoms with van der Waals surface area (Å²) in [5, 5.41) is 6.76. The van der Waals surface area contributed by atoms with Gasteiger partial charge in [-0.1, -0.05) is 42.5 Å². The molecule has 2 aromatic carbocycles. The van der Waals surface area contributed by atoms with Crippen LogP contribution in [0.15, 0.2) is 53.5 Å². The van der Waals surface area contributed by atoms with Gasteiger partial charge in [0.2, 0.25) is 0 Å². The van der Waals surface area contributed by atoms with E-state index in [0.29, 0.717) is 12.5 Å². The smallest absolute Gasteiger partial charge is 0.191 e. The molecule has 23 heavy (non-hydrogen) atoms. The molecule has 1 aliphatic rings. The van der Waals surface area contributed by atoms with Gasteiger partial charge in [0.15, 0.2) is 5.96 Å². The Labute approximate surface area is 137 Å². The number of rotatable bonds is 5. The van der Waals surface area contributed by atoms with Crippen LogP contribution in [0.5, 0.6) is 5.75 Å². The zero-order valence-electron chi connectivity index (χ0n) is 13.7. The van der Waals surface area contributed by atoms with Crippen LogP contribution in [0, 0.1) is 0 Å².